The predicted octanol–water partition coefficient (Wildman–Crippen LogP) is 5.21. The molecular formula is C48H59N7O7. The number of amides is 5. The zero-order valence-corrected chi connectivity index (χ0v) is 35.4. The molecule has 5 amide bonds. The second-order valence-electron chi connectivity index (χ2n) is 16.9. The van der Waals surface area contributed by atoms with Gasteiger partial charge >= 0.3 is 0 Å². The second kappa shape index (κ2) is 21.1. The fraction of sp³-hybridized carbons (Fsp3) is 0.458. The van der Waals surface area contributed by atoms with E-state index in [2.05, 4.69) is 55.3 Å². The Bertz CT molecular complexity index is 2160. The highest BCUT2D eigenvalue weighted by Gasteiger charge is 2.42. The number of nitrogens with zero attached hydrogens (tertiary/aromatic N) is 3. The Morgan fingerprint density at radius 2 is 1.52 bits per heavy atom. The number of rotatable bonds is 22. The van der Waals surface area contributed by atoms with Crippen molar-refractivity contribution in [2.45, 2.75) is 108 Å². The summed E-state index contributed by atoms with van der Waals surface area (Å²) in [5.74, 6) is -1.16. The minimum atomic E-state index is -0.623. The van der Waals surface area contributed by atoms with Crippen LogP contribution in [0.3, 0.4) is 0 Å². The number of aromatic hydroxyl groups is 1. The second-order valence-corrected chi connectivity index (χ2v) is 16.9. The van der Waals surface area contributed by atoms with Crippen molar-refractivity contribution in [2.24, 2.45) is 0 Å². The van der Waals surface area contributed by atoms with Crippen LogP contribution in [0.2, 0.25) is 0 Å². The van der Waals surface area contributed by atoms with Gasteiger partial charge in [-0.2, -0.15) is 0 Å². The Morgan fingerprint density at radius 3 is 2.27 bits per heavy atom. The number of hydrogen-bond acceptors (Lipinski definition) is 10. The molecule has 1 unspecified atom stereocenters. The zero-order chi connectivity index (χ0) is 43.4. The summed E-state index contributed by atoms with van der Waals surface area (Å²) in [5.41, 5.74) is 4.91. The summed E-state index contributed by atoms with van der Waals surface area (Å²) in [7, 11) is 0. The van der Waals surface area contributed by atoms with Crippen LogP contribution in [0.4, 0.5) is 11.4 Å². The van der Waals surface area contributed by atoms with Gasteiger partial charge in [-0.25, -0.2) is 0 Å². The molecule has 0 aromatic heterocycles. The molecular weight excluding hydrogens is 787 g/mol. The van der Waals surface area contributed by atoms with Gasteiger partial charge in [0.1, 0.15) is 11.8 Å². The maximum Gasteiger partial charge on any atom is 0.257 e. The van der Waals surface area contributed by atoms with Gasteiger partial charge in [0.2, 0.25) is 23.6 Å². The Labute approximate surface area is 363 Å². The van der Waals surface area contributed by atoms with E-state index in [0.717, 1.165) is 81.4 Å². The van der Waals surface area contributed by atoms with Gasteiger partial charge in [-0.1, -0.05) is 62.1 Å². The first kappa shape index (κ1) is 43.9. The van der Waals surface area contributed by atoms with Gasteiger partial charge < -0.3 is 35.8 Å². The number of phenols is 1. The van der Waals surface area contributed by atoms with Gasteiger partial charge in [-0.3, -0.25) is 34.1 Å². The lowest BCUT2D eigenvalue weighted by atomic mass is 10.0. The number of carbonyl (C=O) groups excluding carboxylic acids is 6. The number of nitrogens with one attached hydrogen (secondary N) is 4. The normalized spacial score (nSPS) is 19.3. The van der Waals surface area contributed by atoms with Crippen LogP contribution >= 0.6 is 0 Å². The number of likely N-dealkylation sites (tertiary alicyclic amines) is 1. The molecule has 0 saturated carbocycles. The van der Waals surface area contributed by atoms with Crippen molar-refractivity contribution in [3.8, 4) is 5.75 Å². The molecule has 3 aromatic rings. The number of anilines is 2. The fourth-order valence-electron chi connectivity index (χ4n) is 9.12. The Morgan fingerprint density at radius 1 is 0.774 bits per heavy atom. The number of allylic oxidation sites excluding steroid dienone is 1. The van der Waals surface area contributed by atoms with Gasteiger partial charge in [0.05, 0.1) is 11.1 Å². The van der Waals surface area contributed by atoms with Crippen molar-refractivity contribution < 1.29 is 33.9 Å². The van der Waals surface area contributed by atoms with Gasteiger partial charge in [-0.05, 0) is 80.0 Å². The van der Waals surface area contributed by atoms with Gasteiger partial charge in [0, 0.05) is 94.3 Å². The van der Waals surface area contributed by atoms with Crippen LogP contribution in [0, 0.1) is 0 Å². The third-order valence-corrected chi connectivity index (χ3v) is 12.4. The van der Waals surface area contributed by atoms with Crippen LogP contribution < -0.4 is 26.2 Å². The van der Waals surface area contributed by atoms with Crippen LogP contribution in [-0.2, 0) is 32.1 Å². The number of ketones is 1. The van der Waals surface area contributed by atoms with Crippen molar-refractivity contribution in [2.75, 3.05) is 42.9 Å². The first-order valence-corrected chi connectivity index (χ1v) is 22.3. The molecule has 2 bridgehead atoms. The van der Waals surface area contributed by atoms with E-state index in [1.165, 1.54) is 11.8 Å². The molecule has 3 saturated heterocycles. The lowest BCUT2D eigenvalue weighted by molar-refractivity contribution is -0.137. The van der Waals surface area contributed by atoms with E-state index >= 15 is 0 Å². The predicted molar refractivity (Wildman–Crippen MR) is 237 cm³/mol. The largest absolute Gasteiger partial charge is 0.507 e. The number of para-hydroxylation sites is 1. The highest BCUT2D eigenvalue weighted by Crippen LogP contribution is 2.36. The Hall–Kier alpha value is -6.18. The molecule has 0 spiro atoms. The zero-order valence-electron chi connectivity index (χ0n) is 35.4. The van der Waals surface area contributed by atoms with Crippen LogP contribution in [0.25, 0.3) is 0 Å². The van der Waals surface area contributed by atoms with Crippen molar-refractivity contribution in [1.82, 2.24) is 25.8 Å². The molecule has 7 rings (SSSR count). The highest BCUT2D eigenvalue weighted by molar-refractivity contribution is 6.08. The Balaban J connectivity index is 0.691. The third kappa shape index (κ3) is 11.2. The van der Waals surface area contributed by atoms with Crippen molar-refractivity contribution in [1.29, 1.82) is 0 Å². The highest BCUT2D eigenvalue weighted by atomic mass is 16.3. The minimum absolute atomic E-state index is 0.00970. The van der Waals surface area contributed by atoms with E-state index in [1.807, 2.05) is 24.4 Å². The number of phenolic OH excluding ortho intramolecular Hbond substituents is 1. The summed E-state index contributed by atoms with van der Waals surface area (Å²) < 4.78 is 0. The topological polar surface area (TPSA) is 180 Å². The number of benzene rings is 3. The number of imide groups is 1. The molecule has 4 aliphatic heterocycles. The minimum Gasteiger partial charge on any atom is -0.507 e. The number of hydrogen-bond donors (Lipinski definition) is 5. The van der Waals surface area contributed by atoms with Crippen LogP contribution in [0.15, 0.2) is 79.0 Å². The summed E-state index contributed by atoms with van der Waals surface area (Å²) in [6.07, 6.45) is 13.0. The third-order valence-electron chi connectivity index (χ3n) is 12.4. The lowest BCUT2D eigenvalue weighted by Crippen LogP contribution is -2.52. The van der Waals surface area contributed by atoms with Crippen molar-refractivity contribution in [3.63, 3.8) is 0 Å². The average Bonchev–Trinajstić information content (AvgIpc) is 3.97. The van der Waals surface area contributed by atoms with Gasteiger partial charge in [0.15, 0.2) is 5.78 Å². The number of unbranched alkanes of at least 4 members (excludes halogenated alkanes) is 5. The number of piperazine rings is 1. The molecule has 5 N–H and O–H groups in total. The first-order chi connectivity index (χ1) is 30.1. The van der Waals surface area contributed by atoms with Crippen molar-refractivity contribution in [3.05, 3.63) is 101 Å². The SMILES string of the molecule is O=C(CCCC(=O)NCCc1cccc(N2C[C@H]3C[C@@H]2CN3/C=C/C(=O)c2ccccc2O)c1)NCCCCCCCCNc1cccc2c1C(=O)N(C1CCC(=O)NC1=O)C2. The fourth-order valence-corrected chi connectivity index (χ4v) is 9.12. The van der Waals surface area contributed by atoms with Gasteiger partial charge in [-0.15, -0.1) is 0 Å². The standard InChI is InChI=1S/C48H59N7O7/c56-41-17-6-5-15-38(41)42(57)23-27-53-31-37-29-36(53)32-54(37)35-14-9-12-33(28-35)22-26-51-44(59)19-11-18-43(58)50-25-8-4-2-1-3-7-24-49-39-16-10-13-34-30-55(48(62)46(34)39)40-20-21-45(60)52-47(40)61/h5-6,9-10,12-17,23,27-28,36-37,40,49,56H,1-4,7-8,11,18-22,24-26,29-32H2,(H,50,58)(H,51,59)(H,52,60,61)/b27-23+/t36-,37-,40?/m1/s1. The smallest absolute Gasteiger partial charge is 0.257 e. The monoisotopic (exact) mass is 845 g/mol. The summed E-state index contributed by atoms with van der Waals surface area (Å²) in [4.78, 5) is 80.9. The first-order valence-electron chi connectivity index (χ1n) is 22.3. The van der Waals surface area contributed by atoms with E-state index in [0.29, 0.717) is 74.9 Å². The lowest BCUT2D eigenvalue weighted by Gasteiger charge is -2.35. The summed E-state index contributed by atoms with van der Waals surface area (Å²) in [6.45, 7) is 3.96. The molecule has 328 valence electrons. The summed E-state index contributed by atoms with van der Waals surface area (Å²) >= 11 is 0. The van der Waals surface area contributed by atoms with Crippen LogP contribution in [0.1, 0.15) is 109 Å². The number of piperidine rings is 1. The van der Waals surface area contributed by atoms with E-state index in [9.17, 15) is 33.9 Å². The van der Waals surface area contributed by atoms with E-state index in [4.69, 9.17) is 0 Å². The molecule has 0 radical (unpaired) electrons. The Kier molecular flexibility index (Phi) is 14.9. The van der Waals surface area contributed by atoms with Crippen LogP contribution in [-0.4, -0.2) is 101 Å². The van der Waals surface area contributed by atoms with Crippen LogP contribution in [0.5, 0.6) is 5.75 Å². The molecule has 3 aromatic carbocycles. The molecule has 4 heterocycles. The summed E-state index contributed by atoms with van der Waals surface area (Å²) in [5, 5.41) is 21.7. The maximum atomic E-state index is 13.3. The molecule has 14 heteroatoms. The summed E-state index contributed by atoms with van der Waals surface area (Å²) in [6, 6.07) is 20.8. The molecule has 14 nitrogen and oxygen atoms in total. The number of carbonyl (C=O) groups is 6. The van der Waals surface area contributed by atoms with Gasteiger partial charge in [0.25, 0.3) is 5.91 Å². The van der Waals surface area contributed by atoms with Crippen molar-refractivity contribution >= 4 is 46.7 Å². The molecule has 62 heavy (non-hydrogen) atoms. The quantitative estimate of drug-likeness (QED) is 0.0390. The average molecular weight is 846 g/mol. The van der Waals surface area contributed by atoms with E-state index in [1.54, 1.807) is 29.2 Å². The number of fused-ring (bicyclic) bond motifs is 3. The maximum absolute atomic E-state index is 13.3. The molecule has 0 aliphatic carbocycles. The van der Waals surface area contributed by atoms with E-state index in [-0.39, 0.29) is 41.6 Å². The van der Waals surface area contributed by atoms with E-state index < -0.39 is 11.9 Å². The molecule has 3 atom stereocenters. The molecule has 4 aliphatic rings. The molecule has 3 fully saturated rings.